The van der Waals surface area contributed by atoms with E-state index in [1.165, 1.54) is 30.7 Å². The van der Waals surface area contributed by atoms with Gasteiger partial charge in [-0.15, -0.1) is 13.2 Å². The van der Waals surface area contributed by atoms with Crippen molar-refractivity contribution in [2.45, 2.75) is 25.2 Å². The largest absolute Gasteiger partial charge is 0.573 e. The van der Waals surface area contributed by atoms with E-state index in [-0.39, 0.29) is 5.75 Å². The first-order valence-corrected chi connectivity index (χ1v) is 7.98. The van der Waals surface area contributed by atoms with Gasteiger partial charge in [0.25, 0.3) is 0 Å². The molecule has 7 heteroatoms. The predicted molar refractivity (Wildman–Crippen MR) is 86.2 cm³/mol. The molecule has 1 fully saturated rings. The van der Waals surface area contributed by atoms with Gasteiger partial charge in [0, 0.05) is 6.04 Å². The Bertz CT molecular complexity index is 665. The first-order valence-electron chi connectivity index (χ1n) is 7.98. The van der Waals surface area contributed by atoms with E-state index in [0.717, 1.165) is 18.7 Å². The molecule has 0 amide bonds. The number of nitrogens with one attached hydrogen (secondary N) is 1. The van der Waals surface area contributed by atoms with E-state index in [1.54, 1.807) is 24.3 Å². The molecule has 1 saturated heterocycles. The topological polar surface area (TPSA) is 39.7 Å². The molecule has 1 atom stereocenters. The van der Waals surface area contributed by atoms with Crippen molar-refractivity contribution in [3.63, 3.8) is 0 Å². The molecule has 134 valence electrons. The van der Waals surface area contributed by atoms with Crippen LogP contribution in [-0.2, 0) is 0 Å². The fraction of sp³-hybridized carbons (Fsp3) is 0.333. The summed E-state index contributed by atoms with van der Waals surface area (Å²) in [5.41, 5.74) is 0. The number of benzene rings is 2. The van der Waals surface area contributed by atoms with Crippen molar-refractivity contribution < 1.29 is 27.4 Å². The number of hydrogen-bond donors (Lipinski definition) is 1. The minimum atomic E-state index is -4.70. The van der Waals surface area contributed by atoms with Crippen LogP contribution in [0.2, 0.25) is 0 Å². The molecule has 1 N–H and O–H groups in total. The second kappa shape index (κ2) is 7.65. The lowest BCUT2D eigenvalue weighted by Crippen LogP contribution is -2.28. The lowest BCUT2D eigenvalue weighted by Gasteiger charge is -2.13. The van der Waals surface area contributed by atoms with E-state index in [4.69, 9.17) is 9.47 Å². The Labute approximate surface area is 143 Å². The molecule has 2 aromatic rings. The van der Waals surface area contributed by atoms with E-state index in [1.807, 2.05) is 0 Å². The van der Waals surface area contributed by atoms with E-state index in [2.05, 4.69) is 10.1 Å². The lowest BCUT2D eigenvalue weighted by atomic mass is 10.2. The van der Waals surface area contributed by atoms with Crippen LogP contribution >= 0.6 is 0 Å². The van der Waals surface area contributed by atoms with Gasteiger partial charge in [-0.05, 0) is 67.9 Å². The van der Waals surface area contributed by atoms with Gasteiger partial charge in [0.2, 0.25) is 0 Å². The van der Waals surface area contributed by atoms with Crippen molar-refractivity contribution in [1.82, 2.24) is 5.32 Å². The monoisotopic (exact) mass is 353 g/mol. The summed E-state index contributed by atoms with van der Waals surface area (Å²) >= 11 is 0. The number of halogens is 3. The van der Waals surface area contributed by atoms with Gasteiger partial charge in [-0.1, -0.05) is 0 Å². The summed E-state index contributed by atoms with van der Waals surface area (Å²) in [5.74, 6) is 1.44. The smallest absolute Gasteiger partial charge is 0.492 e. The highest BCUT2D eigenvalue weighted by atomic mass is 19.4. The predicted octanol–water partition coefficient (Wildman–Crippen LogP) is 4.51. The van der Waals surface area contributed by atoms with Gasteiger partial charge >= 0.3 is 6.36 Å². The Balaban J connectivity index is 1.52. The summed E-state index contributed by atoms with van der Waals surface area (Å²) in [5, 5.41) is 3.36. The molecule has 1 heterocycles. The summed E-state index contributed by atoms with van der Waals surface area (Å²) in [7, 11) is 0. The quantitative estimate of drug-likeness (QED) is 0.830. The molecule has 4 nitrogen and oxygen atoms in total. The van der Waals surface area contributed by atoms with Gasteiger partial charge in [-0.25, -0.2) is 0 Å². The Hall–Kier alpha value is -2.41. The fourth-order valence-corrected chi connectivity index (χ4v) is 2.55. The molecule has 0 radical (unpaired) electrons. The third-order valence-corrected chi connectivity index (χ3v) is 3.73. The van der Waals surface area contributed by atoms with Gasteiger partial charge < -0.3 is 19.5 Å². The van der Waals surface area contributed by atoms with Crippen LogP contribution in [-0.4, -0.2) is 25.6 Å². The molecule has 3 rings (SSSR count). The standard InChI is InChI=1S/C18H18F3NO3/c19-18(20,21)25-17-9-7-16(8-10-17)24-15-5-3-14(4-6-15)23-12-13-2-1-11-22-13/h3-10,13,22H,1-2,11-12H2. The summed E-state index contributed by atoms with van der Waals surface area (Å²) in [6.07, 6.45) is -2.41. The molecule has 0 aliphatic carbocycles. The van der Waals surface area contributed by atoms with Gasteiger partial charge in [0.1, 0.15) is 29.6 Å². The SMILES string of the molecule is FC(F)(F)Oc1ccc(Oc2ccc(OCC3CCCN3)cc2)cc1. The first kappa shape index (κ1) is 17.4. The number of ether oxygens (including phenoxy) is 3. The normalized spacial score (nSPS) is 17.3. The van der Waals surface area contributed by atoms with Crippen LogP contribution in [0, 0.1) is 0 Å². The Morgan fingerprint density at radius 2 is 1.44 bits per heavy atom. The lowest BCUT2D eigenvalue weighted by molar-refractivity contribution is -0.274. The second-order valence-electron chi connectivity index (χ2n) is 5.70. The first-order chi connectivity index (χ1) is 12.0. The van der Waals surface area contributed by atoms with Crippen LogP contribution in [0.5, 0.6) is 23.0 Å². The van der Waals surface area contributed by atoms with Crippen LogP contribution in [0.3, 0.4) is 0 Å². The highest BCUT2D eigenvalue weighted by molar-refractivity contribution is 5.37. The molecule has 25 heavy (non-hydrogen) atoms. The van der Waals surface area contributed by atoms with Crippen LogP contribution in [0.15, 0.2) is 48.5 Å². The van der Waals surface area contributed by atoms with Gasteiger partial charge in [0.15, 0.2) is 0 Å². The third kappa shape index (κ3) is 5.56. The molecule has 1 aliphatic rings. The Kier molecular flexibility index (Phi) is 5.33. The van der Waals surface area contributed by atoms with Gasteiger partial charge in [-0.2, -0.15) is 0 Å². The van der Waals surface area contributed by atoms with E-state index in [0.29, 0.717) is 24.1 Å². The molecule has 2 aromatic carbocycles. The highest BCUT2D eigenvalue weighted by Crippen LogP contribution is 2.28. The fourth-order valence-electron chi connectivity index (χ4n) is 2.55. The number of alkyl halides is 3. The molecular formula is C18H18F3NO3. The third-order valence-electron chi connectivity index (χ3n) is 3.73. The van der Waals surface area contributed by atoms with E-state index in [9.17, 15) is 13.2 Å². The summed E-state index contributed by atoms with van der Waals surface area (Å²) in [4.78, 5) is 0. The summed E-state index contributed by atoms with van der Waals surface area (Å²) in [6, 6.07) is 12.7. The minimum Gasteiger partial charge on any atom is -0.492 e. The molecule has 1 aliphatic heterocycles. The second-order valence-corrected chi connectivity index (χ2v) is 5.70. The van der Waals surface area contributed by atoms with Crippen LogP contribution in [0.25, 0.3) is 0 Å². The maximum absolute atomic E-state index is 12.1. The Morgan fingerprint density at radius 3 is 1.96 bits per heavy atom. The summed E-state index contributed by atoms with van der Waals surface area (Å²) in [6.45, 7) is 1.66. The van der Waals surface area contributed by atoms with Crippen molar-refractivity contribution >= 4 is 0 Å². The van der Waals surface area contributed by atoms with Gasteiger partial charge in [0.05, 0.1) is 0 Å². The number of hydrogen-bond acceptors (Lipinski definition) is 4. The molecule has 0 bridgehead atoms. The summed E-state index contributed by atoms with van der Waals surface area (Å²) < 4.78 is 51.5. The zero-order valence-electron chi connectivity index (χ0n) is 13.4. The molecule has 0 saturated carbocycles. The maximum atomic E-state index is 12.1. The van der Waals surface area contributed by atoms with E-state index >= 15 is 0 Å². The van der Waals surface area contributed by atoms with Crippen LogP contribution in [0.1, 0.15) is 12.8 Å². The van der Waals surface area contributed by atoms with Crippen molar-refractivity contribution in [1.29, 1.82) is 0 Å². The number of rotatable bonds is 6. The van der Waals surface area contributed by atoms with E-state index < -0.39 is 6.36 Å². The highest BCUT2D eigenvalue weighted by Gasteiger charge is 2.30. The molecular weight excluding hydrogens is 335 g/mol. The molecule has 1 unspecified atom stereocenters. The average Bonchev–Trinajstić information content (AvgIpc) is 3.08. The maximum Gasteiger partial charge on any atom is 0.573 e. The molecule has 0 aromatic heterocycles. The minimum absolute atomic E-state index is 0.288. The zero-order chi connectivity index (χ0) is 17.7. The van der Waals surface area contributed by atoms with Crippen molar-refractivity contribution in [3.8, 4) is 23.0 Å². The van der Waals surface area contributed by atoms with Crippen molar-refractivity contribution in [3.05, 3.63) is 48.5 Å². The van der Waals surface area contributed by atoms with Crippen LogP contribution < -0.4 is 19.5 Å². The Morgan fingerprint density at radius 1 is 0.880 bits per heavy atom. The van der Waals surface area contributed by atoms with Crippen molar-refractivity contribution in [2.75, 3.05) is 13.2 Å². The zero-order valence-corrected chi connectivity index (χ0v) is 13.4. The average molecular weight is 353 g/mol. The van der Waals surface area contributed by atoms with Crippen LogP contribution in [0.4, 0.5) is 13.2 Å². The van der Waals surface area contributed by atoms with Gasteiger partial charge in [-0.3, -0.25) is 0 Å². The molecule has 0 spiro atoms. The van der Waals surface area contributed by atoms with Crippen molar-refractivity contribution in [2.24, 2.45) is 0 Å².